The fourth-order valence-electron chi connectivity index (χ4n) is 5.64. The van der Waals surface area contributed by atoms with Gasteiger partial charge in [0.1, 0.15) is 0 Å². The number of aliphatic carboxylic acids is 2. The summed E-state index contributed by atoms with van der Waals surface area (Å²) in [7, 11) is 0. The Balaban J connectivity index is 0.000000181. The SMILES string of the molecule is Nc1cc(CCC(=O)O)c2c(c1N)CCCC2.O=C(O)CCc1cc2[nH]c(=O)c(=O)[nH]c2c2c1CCCC2. The lowest BCUT2D eigenvalue weighted by atomic mass is 9.85. The van der Waals surface area contributed by atoms with Crippen molar-refractivity contribution in [1.82, 2.24) is 9.97 Å². The topological polar surface area (TPSA) is 192 Å². The summed E-state index contributed by atoms with van der Waals surface area (Å²) in [5.41, 5.74) is 19.7. The fraction of sp³-hybridized carbons (Fsp3) is 0.429. The molecule has 38 heavy (non-hydrogen) atoms. The van der Waals surface area contributed by atoms with Gasteiger partial charge in [0.2, 0.25) is 0 Å². The van der Waals surface area contributed by atoms with Gasteiger partial charge in [-0.1, -0.05) is 0 Å². The van der Waals surface area contributed by atoms with Crippen molar-refractivity contribution < 1.29 is 19.8 Å². The first-order chi connectivity index (χ1) is 18.2. The van der Waals surface area contributed by atoms with Gasteiger partial charge in [0.25, 0.3) is 0 Å². The average Bonchev–Trinajstić information content (AvgIpc) is 2.90. The van der Waals surface area contributed by atoms with Gasteiger partial charge in [-0.15, -0.1) is 0 Å². The zero-order valence-electron chi connectivity index (χ0n) is 21.3. The van der Waals surface area contributed by atoms with Crippen LogP contribution in [0.15, 0.2) is 21.7 Å². The molecule has 0 amide bonds. The highest BCUT2D eigenvalue weighted by molar-refractivity contribution is 5.81. The standard InChI is InChI=1S/C15H16N2O4.C13H18N2O2/c18-12(19)6-5-8-7-11-13(17-15(21)14(20)16-11)10-4-2-1-3-9(8)10;14-11-7-8(5-6-12(16)17)9-3-1-2-4-10(9)13(11)15/h7H,1-6H2,(H,16,20)(H,17,21)(H,18,19);7H,1-6,14-15H2,(H,16,17). The maximum absolute atomic E-state index is 11.5. The minimum absolute atomic E-state index is 0.0610. The molecule has 1 heterocycles. The normalized spacial score (nSPS) is 14.2. The summed E-state index contributed by atoms with van der Waals surface area (Å²) in [5, 5.41) is 17.6. The molecule has 202 valence electrons. The number of carboxylic acid groups (broad SMARTS) is 2. The Morgan fingerprint density at radius 3 is 1.76 bits per heavy atom. The summed E-state index contributed by atoms with van der Waals surface area (Å²) in [5.74, 6) is -1.61. The first-order valence-corrected chi connectivity index (χ1v) is 13.1. The van der Waals surface area contributed by atoms with Crippen LogP contribution in [0.3, 0.4) is 0 Å². The number of nitrogen functional groups attached to an aromatic ring is 2. The van der Waals surface area contributed by atoms with E-state index in [0.29, 0.717) is 35.2 Å². The van der Waals surface area contributed by atoms with E-state index in [9.17, 15) is 19.2 Å². The van der Waals surface area contributed by atoms with Crippen LogP contribution in [0, 0.1) is 0 Å². The molecule has 5 rings (SSSR count). The Morgan fingerprint density at radius 2 is 1.18 bits per heavy atom. The third kappa shape index (κ3) is 5.90. The Kier molecular flexibility index (Phi) is 8.19. The van der Waals surface area contributed by atoms with E-state index in [1.165, 1.54) is 5.56 Å². The van der Waals surface area contributed by atoms with Gasteiger partial charge in [0.15, 0.2) is 0 Å². The molecule has 2 aliphatic carbocycles. The lowest BCUT2D eigenvalue weighted by Crippen LogP contribution is -2.29. The number of benzene rings is 2. The van der Waals surface area contributed by atoms with Gasteiger partial charge in [-0.2, -0.15) is 0 Å². The second-order valence-corrected chi connectivity index (χ2v) is 10.0. The summed E-state index contributed by atoms with van der Waals surface area (Å²) < 4.78 is 0. The van der Waals surface area contributed by atoms with Crippen molar-refractivity contribution in [2.45, 2.75) is 77.0 Å². The number of nitrogens with one attached hydrogen (secondary N) is 2. The number of nitrogens with two attached hydrogens (primary N) is 2. The van der Waals surface area contributed by atoms with E-state index < -0.39 is 23.1 Å². The van der Waals surface area contributed by atoms with Gasteiger partial charge < -0.3 is 31.6 Å². The van der Waals surface area contributed by atoms with Crippen molar-refractivity contribution in [3.05, 3.63) is 66.2 Å². The van der Waals surface area contributed by atoms with E-state index in [-0.39, 0.29) is 12.8 Å². The Labute approximate surface area is 219 Å². The molecule has 0 aliphatic heterocycles. The zero-order chi connectivity index (χ0) is 27.4. The van der Waals surface area contributed by atoms with Gasteiger partial charge in [-0.25, -0.2) is 0 Å². The van der Waals surface area contributed by atoms with Crippen LogP contribution in [-0.4, -0.2) is 32.1 Å². The molecule has 0 saturated heterocycles. The molecule has 2 aliphatic rings. The molecule has 0 saturated carbocycles. The van der Waals surface area contributed by atoms with Crippen LogP contribution in [0.4, 0.5) is 11.4 Å². The highest BCUT2D eigenvalue weighted by Gasteiger charge is 2.20. The number of aromatic nitrogens is 2. The molecule has 8 N–H and O–H groups in total. The number of aryl methyl sites for hydroxylation is 3. The molecule has 0 radical (unpaired) electrons. The first kappa shape index (κ1) is 27.0. The number of rotatable bonds is 6. The van der Waals surface area contributed by atoms with Gasteiger partial charge >= 0.3 is 23.1 Å². The number of fused-ring (bicyclic) bond motifs is 4. The number of carbonyl (C=O) groups is 2. The van der Waals surface area contributed by atoms with Crippen LogP contribution in [0.25, 0.3) is 11.0 Å². The van der Waals surface area contributed by atoms with E-state index in [4.69, 9.17) is 21.7 Å². The van der Waals surface area contributed by atoms with Crippen molar-refractivity contribution in [3.63, 3.8) is 0 Å². The van der Waals surface area contributed by atoms with Gasteiger partial charge in [-0.3, -0.25) is 19.2 Å². The van der Waals surface area contributed by atoms with Crippen LogP contribution in [-0.2, 0) is 48.1 Å². The van der Waals surface area contributed by atoms with E-state index in [1.54, 1.807) is 6.07 Å². The Morgan fingerprint density at radius 1 is 0.711 bits per heavy atom. The predicted molar refractivity (Wildman–Crippen MR) is 146 cm³/mol. The van der Waals surface area contributed by atoms with Crippen LogP contribution in [0.1, 0.15) is 71.9 Å². The monoisotopic (exact) mass is 522 g/mol. The van der Waals surface area contributed by atoms with Crippen molar-refractivity contribution in [2.24, 2.45) is 0 Å². The minimum atomic E-state index is -0.838. The molecule has 10 heteroatoms. The van der Waals surface area contributed by atoms with Crippen LogP contribution < -0.4 is 22.6 Å². The molecule has 0 atom stereocenters. The van der Waals surface area contributed by atoms with E-state index in [2.05, 4.69) is 9.97 Å². The smallest absolute Gasteiger partial charge is 0.314 e. The van der Waals surface area contributed by atoms with Gasteiger partial charge in [0, 0.05) is 12.8 Å². The molecule has 1 aromatic heterocycles. The first-order valence-electron chi connectivity index (χ1n) is 13.1. The minimum Gasteiger partial charge on any atom is -0.481 e. The summed E-state index contributed by atoms with van der Waals surface area (Å²) in [6, 6.07) is 3.65. The van der Waals surface area contributed by atoms with Crippen LogP contribution in [0.5, 0.6) is 0 Å². The summed E-state index contributed by atoms with van der Waals surface area (Å²) in [6.07, 6.45) is 9.27. The summed E-state index contributed by atoms with van der Waals surface area (Å²) >= 11 is 0. The third-order valence-electron chi connectivity index (χ3n) is 7.48. The largest absolute Gasteiger partial charge is 0.481 e. The number of anilines is 2. The number of hydrogen-bond donors (Lipinski definition) is 6. The molecule has 2 aromatic carbocycles. The Hall–Kier alpha value is -4.08. The lowest BCUT2D eigenvalue weighted by Gasteiger charge is -2.22. The summed E-state index contributed by atoms with van der Waals surface area (Å²) in [6.45, 7) is 0. The average molecular weight is 523 g/mol. The van der Waals surface area contributed by atoms with E-state index >= 15 is 0 Å². The molecule has 10 nitrogen and oxygen atoms in total. The lowest BCUT2D eigenvalue weighted by molar-refractivity contribution is -0.138. The van der Waals surface area contributed by atoms with Crippen molar-refractivity contribution >= 4 is 34.3 Å². The number of aromatic amines is 2. The number of carboxylic acids is 2. The maximum atomic E-state index is 11.5. The molecule has 0 bridgehead atoms. The maximum Gasteiger partial charge on any atom is 0.314 e. The third-order valence-corrected chi connectivity index (χ3v) is 7.48. The van der Waals surface area contributed by atoms with Crippen LogP contribution in [0.2, 0.25) is 0 Å². The fourth-order valence-corrected chi connectivity index (χ4v) is 5.64. The van der Waals surface area contributed by atoms with Crippen molar-refractivity contribution in [2.75, 3.05) is 11.5 Å². The number of H-pyrrole nitrogens is 2. The van der Waals surface area contributed by atoms with E-state index in [1.807, 2.05) is 6.07 Å². The Bertz CT molecular complexity index is 1500. The highest BCUT2D eigenvalue weighted by atomic mass is 16.4. The molecule has 0 unspecified atom stereocenters. The van der Waals surface area contributed by atoms with Crippen LogP contribution >= 0.6 is 0 Å². The number of hydrogen-bond acceptors (Lipinski definition) is 6. The molecular formula is C28H34N4O6. The van der Waals surface area contributed by atoms with Gasteiger partial charge in [-0.05, 0) is 110 Å². The van der Waals surface area contributed by atoms with Crippen molar-refractivity contribution in [1.29, 1.82) is 0 Å². The molecule has 0 fully saturated rings. The molecular weight excluding hydrogens is 488 g/mol. The molecule has 3 aromatic rings. The molecule has 0 spiro atoms. The predicted octanol–water partition coefficient (Wildman–Crippen LogP) is 2.86. The second kappa shape index (κ2) is 11.5. The van der Waals surface area contributed by atoms with Gasteiger partial charge in [0.05, 0.1) is 22.4 Å². The summed E-state index contributed by atoms with van der Waals surface area (Å²) in [4.78, 5) is 49.7. The zero-order valence-corrected chi connectivity index (χ0v) is 21.3. The highest BCUT2D eigenvalue weighted by Crippen LogP contribution is 2.34. The second-order valence-electron chi connectivity index (χ2n) is 10.0. The quantitative estimate of drug-likeness (QED) is 0.210. The van der Waals surface area contributed by atoms with Crippen molar-refractivity contribution in [3.8, 4) is 0 Å². The van der Waals surface area contributed by atoms with E-state index in [0.717, 1.165) is 79.2 Å².